The fraction of sp³-hybridized carbons (Fsp3) is 0.278. The molecule has 0 unspecified atom stereocenters. The van der Waals surface area contributed by atoms with Crippen molar-refractivity contribution in [3.63, 3.8) is 0 Å². The average Bonchev–Trinajstić information content (AvgIpc) is 2.51. The van der Waals surface area contributed by atoms with Crippen LogP contribution in [-0.4, -0.2) is 31.0 Å². The minimum absolute atomic E-state index is 0.187. The summed E-state index contributed by atoms with van der Waals surface area (Å²) in [6.07, 6.45) is 0.650. The van der Waals surface area contributed by atoms with E-state index in [-0.39, 0.29) is 12.0 Å². The molecule has 0 N–H and O–H groups in total. The summed E-state index contributed by atoms with van der Waals surface area (Å²) < 4.78 is 6.64. The Bertz CT molecular complexity index is 613. The average molecular weight is 409 g/mol. The number of hydrogen-bond donors (Lipinski definition) is 0. The van der Waals surface area contributed by atoms with Crippen LogP contribution in [0.25, 0.3) is 0 Å². The third-order valence-electron chi connectivity index (χ3n) is 3.44. The highest BCUT2D eigenvalue weighted by atomic mass is 127. The molecular formula is C18H20INO2. The van der Waals surface area contributed by atoms with Crippen molar-refractivity contribution < 1.29 is 9.53 Å². The van der Waals surface area contributed by atoms with Gasteiger partial charge in [-0.05, 0) is 66.4 Å². The number of rotatable bonds is 6. The maximum Gasteiger partial charge on any atom is 0.324 e. The van der Waals surface area contributed by atoms with Gasteiger partial charge >= 0.3 is 5.97 Å². The molecule has 0 amide bonds. The molecule has 3 nitrogen and oxygen atoms in total. The lowest BCUT2D eigenvalue weighted by Gasteiger charge is -2.22. The molecule has 0 spiro atoms. The van der Waals surface area contributed by atoms with Crippen LogP contribution in [0, 0.1) is 3.57 Å². The summed E-state index contributed by atoms with van der Waals surface area (Å²) in [5.74, 6) is -0.187. The first kappa shape index (κ1) is 17.0. The molecule has 0 radical (unpaired) electrons. The van der Waals surface area contributed by atoms with Crippen molar-refractivity contribution >= 4 is 28.6 Å². The molecule has 1 atom stereocenters. The van der Waals surface area contributed by atoms with Gasteiger partial charge in [-0.3, -0.25) is 9.69 Å². The van der Waals surface area contributed by atoms with E-state index in [1.807, 2.05) is 67.5 Å². The van der Waals surface area contributed by atoms with Crippen LogP contribution < -0.4 is 0 Å². The van der Waals surface area contributed by atoms with Crippen LogP contribution in [0.5, 0.6) is 0 Å². The Kier molecular flexibility index (Phi) is 6.39. The summed E-state index contributed by atoms with van der Waals surface area (Å²) in [6.45, 7) is 0.316. The van der Waals surface area contributed by atoms with Crippen molar-refractivity contribution in [1.29, 1.82) is 0 Å². The Balaban J connectivity index is 1.99. The normalized spacial score (nSPS) is 12.2. The van der Waals surface area contributed by atoms with Crippen molar-refractivity contribution in [1.82, 2.24) is 4.90 Å². The summed E-state index contributed by atoms with van der Waals surface area (Å²) in [5.41, 5.74) is 2.14. The van der Waals surface area contributed by atoms with Crippen molar-refractivity contribution in [3.8, 4) is 0 Å². The molecule has 116 valence electrons. The summed E-state index contributed by atoms with van der Waals surface area (Å²) in [6, 6.07) is 17.7. The standard InChI is InChI=1S/C18H20INO2/c1-20(2)17(12-15-9-6-10-16(19)11-15)18(21)22-13-14-7-4-3-5-8-14/h3-11,17H,12-13H2,1-2H3/t17-/m0/s1. The second-order valence-corrected chi connectivity index (χ2v) is 6.65. The van der Waals surface area contributed by atoms with Crippen LogP contribution >= 0.6 is 22.6 Å². The van der Waals surface area contributed by atoms with Gasteiger partial charge in [0.1, 0.15) is 12.6 Å². The van der Waals surface area contributed by atoms with Gasteiger partial charge < -0.3 is 4.74 Å². The number of hydrogen-bond acceptors (Lipinski definition) is 3. The van der Waals surface area contributed by atoms with Gasteiger partial charge in [0, 0.05) is 3.57 Å². The Hall–Kier alpha value is -1.40. The van der Waals surface area contributed by atoms with E-state index in [9.17, 15) is 4.79 Å². The van der Waals surface area contributed by atoms with E-state index in [4.69, 9.17) is 4.74 Å². The SMILES string of the molecule is CN(C)[C@@H](Cc1cccc(I)c1)C(=O)OCc1ccccc1. The highest BCUT2D eigenvalue weighted by Gasteiger charge is 2.23. The van der Waals surface area contributed by atoms with Crippen LogP contribution in [0.2, 0.25) is 0 Å². The molecule has 0 aromatic heterocycles. The number of benzene rings is 2. The molecule has 0 heterocycles. The van der Waals surface area contributed by atoms with Gasteiger partial charge in [0.15, 0.2) is 0 Å². The number of esters is 1. The lowest BCUT2D eigenvalue weighted by atomic mass is 10.1. The van der Waals surface area contributed by atoms with Crippen molar-refractivity contribution in [2.45, 2.75) is 19.1 Å². The molecule has 2 rings (SSSR count). The predicted molar refractivity (Wildman–Crippen MR) is 96.6 cm³/mol. The number of halogens is 1. The molecular weight excluding hydrogens is 389 g/mol. The second kappa shape index (κ2) is 8.29. The van der Waals surface area contributed by atoms with Crippen LogP contribution in [0.15, 0.2) is 54.6 Å². The van der Waals surface area contributed by atoms with Crippen LogP contribution in [0.3, 0.4) is 0 Å². The molecule has 2 aromatic rings. The van der Waals surface area contributed by atoms with E-state index in [1.54, 1.807) is 0 Å². The van der Waals surface area contributed by atoms with Crippen molar-refractivity contribution in [2.24, 2.45) is 0 Å². The minimum atomic E-state index is -0.276. The minimum Gasteiger partial charge on any atom is -0.460 e. The topological polar surface area (TPSA) is 29.5 Å². The number of likely N-dealkylation sites (N-methyl/N-ethyl adjacent to an activating group) is 1. The monoisotopic (exact) mass is 409 g/mol. The number of carbonyl (C=O) groups is 1. The molecule has 0 saturated heterocycles. The number of nitrogens with zero attached hydrogens (tertiary/aromatic N) is 1. The second-order valence-electron chi connectivity index (χ2n) is 5.41. The lowest BCUT2D eigenvalue weighted by Crippen LogP contribution is -2.38. The Labute approximate surface area is 145 Å². The summed E-state index contributed by atoms with van der Waals surface area (Å²) in [7, 11) is 3.81. The zero-order chi connectivity index (χ0) is 15.9. The highest BCUT2D eigenvalue weighted by Crippen LogP contribution is 2.13. The van der Waals surface area contributed by atoms with Gasteiger partial charge in [-0.1, -0.05) is 42.5 Å². The smallest absolute Gasteiger partial charge is 0.324 e. The fourth-order valence-electron chi connectivity index (χ4n) is 2.19. The Morgan fingerprint density at radius 1 is 1.09 bits per heavy atom. The van der Waals surface area contributed by atoms with Crippen LogP contribution in [0.1, 0.15) is 11.1 Å². The quantitative estimate of drug-likeness (QED) is 0.541. The van der Waals surface area contributed by atoms with E-state index in [0.29, 0.717) is 13.0 Å². The zero-order valence-corrected chi connectivity index (χ0v) is 15.0. The van der Waals surface area contributed by atoms with Crippen molar-refractivity contribution in [2.75, 3.05) is 14.1 Å². The third-order valence-corrected chi connectivity index (χ3v) is 4.11. The Morgan fingerprint density at radius 2 is 1.77 bits per heavy atom. The number of carbonyl (C=O) groups excluding carboxylic acids is 1. The summed E-state index contributed by atoms with van der Waals surface area (Å²) >= 11 is 2.28. The lowest BCUT2D eigenvalue weighted by molar-refractivity contribution is -0.150. The highest BCUT2D eigenvalue weighted by molar-refractivity contribution is 14.1. The zero-order valence-electron chi connectivity index (χ0n) is 12.8. The molecule has 0 fully saturated rings. The van der Waals surface area contributed by atoms with Gasteiger partial charge in [0.2, 0.25) is 0 Å². The van der Waals surface area contributed by atoms with Gasteiger partial charge in [-0.2, -0.15) is 0 Å². The molecule has 0 aliphatic carbocycles. The third kappa shape index (κ3) is 5.10. The maximum atomic E-state index is 12.4. The van der Waals surface area contributed by atoms with Gasteiger partial charge in [0.05, 0.1) is 0 Å². The fourth-order valence-corrected chi connectivity index (χ4v) is 2.80. The largest absolute Gasteiger partial charge is 0.460 e. The molecule has 0 aliphatic heterocycles. The van der Waals surface area contributed by atoms with Gasteiger partial charge in [-0.15, -0.1) is 0 Å². The summed E-state index contributed by atoms with van der Waals surface area (Å²) in [4.78, 5) is 14.3. The van der Waals surface area contributed by atoms with Crippen LogP contribution in [0.4, 0.5) is 0 Å². The molecule has 0 bridgehead atoms. The molecule has 22 heavy (non-hydrogen) atoms. The predicted octanol–water partition coefficient (Wildman–Crippen LogP) is 3.51. The maximum absolute atomic E-state index is 12.4. The van der Waals surface area contributed by atoms with E-state index in [1.165, 1.54) is 3.57 Å². The summed E-state index contributed by atoms with van der Waals surface area (Å²) in [5, 5.41) is 0. The first-order valence-corrected chi connectivity index (χ1v) is 8.25. The van der Waals surface area contributed by atoms with Gasteiger partial charge in [0.25, 0.3) is 0 Å². The van der Waals surface area contributed by atoms with E-state index >= 15 is 0 Å². The van der Waals surface area contributed by atoms with E-state index in [0.717, 1.165) is 11.1 Å². The Morgan fingerprint density at radius 3 is 2.41 bits per heavy atom. The first-order chi connectivity index (χ1) is 10.6. The van der Waals surface area contributed by atoms with Crippen molar-refractivity contribution in [3.05, 3.63) is 69.3 Å². The van der Waals surface area contributed by atoms with E-state index in [2.05, 4.69) is 28.7 Å². The molecule has 2 aromatic carbocycles. The molecule has 0 saturated carbocycles. The van der Waals surface area contributed by atoms with Crippen LogP contribution in [-0.2, 0) is 22.6 Å². The number of ether oxygens (including phenoxy) is 1. The van der Waals surface area contributed by atoms with E-state index < -0.39 is 0 Å². The molecule has 0 aliphatic rings. The molecule has 4 heteroatoms. The first-order valence-electron chi connectivity index (χ1n) is 7.17. The van der Waals surface area contributed by atoms with Gasteiger partial charge in [-0.25, -0.2) is 0 Å².